The van der Waals surface area contributed by atoms with Gasteiger partial charge < -0.3 is 10.5 Å². The molecule has 0 saturated carbocycles. The van der Waals surface area contributed by atoms with Gasteiger partial charge in [-0.25, -0.2) is 9.84 Å². The van der Waals surface area contributed by atoms with Crippen molar-refractivity contribution in [1.82, 2.24) is 10.3 Å². The van der Waals surface area contributed by atoms with E-state index in [4.69, 9.17) is 16.8 Å². The third kappa shape index (κ3) is 2.30. The van der Waals surface area contributed by atoms with Gasteiger partial charge in [-0.15, -0.1) is 0 Å². The fourth-order valence-corrected chi connectivity index (χ4v) is 1.95. The van der Waals surface area contributed by atoms with Gasteiger partial charge in [0.15, 0.2) is 11.2 Å². The lowest BCUT2D eigenvalue weighted by molar-refractivity contribution is -0.990. The van der Waals surface area contributed by atoms with Crippen LogP contribution in [0.25, 0.3) is 11.0 Å². The van der Waals surface area contributed by atoms with Crippen LogP contribution in [0.15, 0.2) is 41.0 Å². The molecule has 0 spiro atoms. The molecule has 1 atom stereocenters. The average molecular weight is 293 g/mol. The minimum absolute atomic E-state index is 0.0444. The van der Waals surface area contributed by atoms with E-state index in [1.54, 1.807) is 30.3 Å². The second kappa shape index (κ2) is 5.06. The largest absolute Gasteiger partial charge is 0.595 e. The lowest BCUT2D eigenvalue weighted by atomic mass is 10.2. The molecule has 7 nitrogen and oxygen atoms in total. The fourth-order valence-electron chi connectivity index (χ4n) is 1.83. The molecule has 0 radical (unpaired) electrons. The summed E-state index contributed by atoms with van der Waals surface area (Å²) in [5.41, 5.74) is 2.01. The Morgan fingerprint density at radius 1 is 1.10 bits per heavy atom. The molecule has 3 rings (SSSR count). The Labute approximate surface area is 117 Å². The van der Waals surface area contributed by atoms with E-state index in [-0.39, 0.29) is 11.2 Å². The highest BCUT2D eigenvalue weighted by Crippen LogP contribution is 2.28. The van der Waals surface area contributed by atoms with Gasteiger partial charge in [0.25, 0.3) is 0 Å². The zero-order valence-corrected chi connectivity index (χ0v) is 10.8. The Hall–Kier alpha value is -2.19. The van der Waals surface area contributed by atoms with Crippen molar-refractivity contribution < 1.29 is 15.1 Å². The van der Waals surface area contributed by atoms with Gasteiger partial charge in [-0.2, -0.15) is 5.23 Å². The Kier molecular flexibility index (Phi) is 3.25. The molecule has 1 heterocycles. The summed E-state index contributed by atoms with van der Waals surface area (Å²) in [5, 5.41) is 30.2. The molecule has 0 aliphatic rings. The van der Waals surface area contributed by atoms with Gasteiger partial charge in [0.05, 0.1) is 5.69 Å². The van der Waals surface area contributed by atoms with Gasteiger partial charge in [-0.1, -0.05) is 11.6 Å². The minimum atomic E-state index is -1.08. The van der Waals surface area contributed by atoms with Crippen LogP contribution in [0.5, 0.6) is 0 Å². The highest BCUT2D eigenvalue weighted by Gasteiger charge is 2.16. The Morgan fingerprint density at radius 3 is 2.50 bits per heavy atom. The molecule has 3 aromatic rings. The van der Waals surface area contributed by atoms with Crippen LogP contribution < -0.4 is 10.5 Å². The second-order valence-corrected chi connectivity index (χ2v) is 4.50. The molecule has 1 aromatic heterocycles. The van der Waals surface area contributed by atoms with Crippen LogP contribution in [0, 0.1) is 5.21 Å². The molecular weight excluding hydrogens is 284 g/mol. The monoisotopic (exact) mass is 292 g/mol. The van der Waals surface area contributed by atoms with E-state index >= 15 is 0 Å². The standard InChI is InChI=1S/C12H9ClN4O3/c13-7-1-3-8(4-2-7)14-9-5-6-10(17(18)19)12-11(9)15-20-16-12/h1-6,14,17-18H. The molecule has 8 heteroatoms. The first-order chi connectivity index (χ1) is 9.65. The predicted octanol–water partition coefficient (Wildman–Crippen LogP) is 2.02. The van der Waals surface area contributed by atoms with Gasteiger partial charge in [-0.3, -0.25) is 0 Å². The van der Waals surface area contributed by atoms with Gasteiger partial charge >= 0.3 is 0 Å². The fraction of sp³-hybridized carbons (Fsp3) is 0. The van der Waals surface area contributed by atoms with Crippen LogP contribution in [0.2, 0.25) is 5.02 Å². The predicted molar refractivity (Wildman–Crippen MR) is 72.3 cm³/mol. The summed E-state index contributed by atoms with van der Waals surface area (Å²) in [7, 11) is 0. The molecule has 3 N–H and O–H groups in total. The van der Waals surface area contributed by atoms with E-state index in [1.807, 2.05) is 0 Å². The van der Waals surface area contributed by atoms with Crippen molar-refractivity contribution in [3.05, 3.63) is 46.6 Å². The van der Waals surface area contributed by atoms with E-state index in [9.17, 15) is 5.21 Å². The Morgan fingerprint density at radius 2 is 1.80 bits per heavy atom. The number of hydrogen-bond donors (Lipinski definition) is 3. The van der Waals surface area contributed by atoms with Crippen LogP contribution in [-0.2, 0) is 0 Å². The van der Waals surface area contributed by atoms with E-state index in [1.165, 1.54) is 6.07 Å². The molecule has 0 amide bonds. The third-order valence-corrected chi connectivity index (χ3v) is 3.02. The molecular formula is C12H9ClN4O3. The van der Waals surface area contributed by atoms with Crippen molar-refractivity contribution in [3.8, 4) is 0 Å². The first-order valence-electron chi connectivity index (χ1n) is 5.66. The van der Waals surface area contributed by atoms with Crippen molar-refractivity contribution in [1.29, 1.82) is 0 Å². The van der Waals surface area contributed by atoms with E-state index < -0.39 is 5.23 Å². The maximum atomic E-state index is 11.1. The summed E-state index contributed by atoms with van der Waals surface area (Å²) in [6.07, 6.45) is 0. The highest BCUT2D eigenvalue weighted by atomic mass is 35.5. The van der Waals surface area contributed by atoms with Gasteiger partial charge in [0.2, 0.25) is 5.52 Å². The van der Waals surface area contributed by atoms with Crippen LogP contribution in [0.1, 0.15) is 0 Å². The Bertz CT molecular complexity index is 742. The quantitative estimate of drug-likeness (QED) is 0.639. The maximum Gasteiger partial charge on any atom is 0.201 e. The van der Waals surface area contributed by atoms with Crippen LogP contribution in [0.3, 0.4) is 0 Å². The summed E-state index contributed by atoms with van der Waals surface area (Å²) in [4.78, 5) is 0. The van der Waals surface area contributed by atoms with Crippen molar-refractivity contribution in [2.45, 2.75) is 0 Å². The van der Waals surface area contributed by atoms with Gasteiger partial charge in [-0.05, 0) is 40.6 Å². The summed E-state index contributed by atoms with van der Waals surface area (Å²) in [5.74, 6) is 0. The van der Waals surface area contributed by atoms with Crippen LogP contribution >= 0.6 is 11.6 Å². The smallest absolute Gasteiger partial charge is 0.201 e. The molecule has 20 heavy (non-hydrogen) atoms. The molecule has 1 unspecified atom stereocenters. The normalized spacial score (nSPS) is 12.6. The lowest BCUT2D eigenvalue weighted by Gasteiger charge is -2.12. The SMILES string of the molecule is [O-][NH+](O)c1ccc(Nc2ccc(Cl)cc2)c2nonc12. The first kappa shape index (κ1) is 12.8. The maximum absolute atomic E-state index is 11.1. The van der Waals surface area contributed by atoms with Crippen LogP contribution in [-0.4, -0.2) is 15.5 Å². The lowest BCUT2D eigenvalue weighted by Crippen LogP contribution is -2.99. The van der Waals surface area contributed by atoms with E-state index in [2.05, 4.69) is 20.3 Å². The number of nitrogens with zero attached hydrogens (tertiary/aromatic N) is 2. The number of quaternary nitrogens is 1. The van der Waals surface area contributed by atoms with Gasteiger partial charge in [0, 0.05) is 16.8 Å². The van der Waals surface area contributed by atoms with Crippen LogP contribution in [0.4, 0.5) is 17.1 Å². The van der Waals surface area contributed by atoms with Crippen molar-refractivity contribution >= 4 is 39.7 Å². The van der Waals surface area contributed by atoms with Crippen molar-refractivity contribution in [2.24, 2.45) is 0 Å². The topological polar surface area (TPSA) is 98.7 Å². The number of benzene rings is 2. The molecule has 102 valence electrons. The molecule has 0 fully saturated rings. The number of nitrogens with one attached hydrogen (secondary N) is 2. The van der Waals surface area contributed by atoms with Gasteiger partial charge in [0.1, 0.15) is 0 Å². The number of halogens is 1. The molecule has 2 aromatic carbocycles. The summed E-state index contributed by atoms with van der Waals surface area (Å²) in [6.45, 7) is 0. The highest BCUT2D eigenvalue weighted by molar-refractivity contribution is 6.30. The average Bonchev–Trinajstić information content (AvgIpc) is 2.91. The number of aromatic nitrogens is 2. The number of fused-ring (bicyclic) bond motifs is 1. The first-order valence-corrected chi connectivity index (χ1v) is 6.04. The summed E-state index contributed by atoms with van der Waals surface area (Å²) < 4.78 is 4.63. The molecule has 0 bridgehead atoms. The van der Waals surface area contributed by atoms with E-state index in [0.29, 0.717) is 16.2 Å². The number of hydrogen-bond acceptors (Lipinski definition) is 6. The molecule has 0 saturated heterocycles. The zero-order valence-electron chi connectivity index (χ0n) is 10.0. The summed E-state index contributed by atoms with van der Waals surface area (Å²) in [6, 6.07) is 10.2. The molecule has 0 aliphatic heterocycles. The number of rotatable bonds is 3. The number of anilines is 2. The van der Waals surface area contributed by atoms with E-state index in [0.717, 1.165) is 5.69 Å². The van der Waals surface area contributed by atoms with Crippen molar-refractivity contribution in [3.63, 3.8) is 0 Å². The Balaban J connectivity index is 2.02. The van der Waals surface area contributed by atoms with Crippen molar-refractivity contribution in [2.75, 3.05) is 5.32 Å². The minimum Gasteiger partial charge on any atom is -0.595 e. The zero-order chi connectivity index (χ0) is 14.1. The summed E-state index contributed by atoms with van der Waals surface area (Å²) >= 11 is 5.82. The third-order valence-electron chi connectivity index (χ3n) is 2.77. The molecule has 0 aliphatic carbocycles. The second-order valence-electron chi connectivity index (χ2n) is 4.06.